The zero-order valence-corrected chi connectivity index (χ0v) is 67.4. The average molecular weight is 1800 g/mol. The van der Waals surface area contributed by atoms with Crippen LogP contribution in [0.5, 0.6) is 0 Å². The number of hydrogen-bond donors (Lipinski definition) is 6. The summed E-state index contributed by atoms with van der Waals surface area (Å²) >= 11 is 2.28. The molecule has 6 atom stereocenters. The van der Waals surface area contributed by atoms with Crippen molar-refractivity contribution in [3.05, 3.63) is 270 Å². The number of benzene rings is 6. The summed E-state index contributed by atoms with van der Waals surface area (Å²) in [6.45, 7) is 1.72. The molecule has 0 saturated carbocycles. The lowest BCUT2D eigenvalue weighted by Gasteiger charge is -2.30. The van der Waals surface area contributed by atoms with Crippen LogP contribution in [0.1, 0.15) is 81.8 Å². The molecule has 3 aliphatic rings. The Kier molecular flexibility index (Phi) is 27.5. The highest BCUT2D eigenvalue weighted by atomic mass is 127. The summed E-state index contributed by atoms with van der Waals surface area (Å²) in [7, 11) is 6.49. The molecule has 3 aliphatic heterocycles. The Bertz CT molecular complexity index is 5870. The van der Waals surface area contributed by atoms with Gasteiger partial charge in [0.25, 0.3) is 17.7 Å². The van der Waals surface area contributed by atoms with Gasteiger partial charge in [0.1, 0.15) is 17.5 Å². The van der Waals surface area contributed by atoms with Crippen molar-refractivity contribution in [3.8, 4) is 17.1 Å². The number of amides is 6. The maximum Gasteiger partial charge on any atom is 0.374 e. The number of carboxylic acids is 1. The molecule has 0 spiro atoms. The van der Waals surface area contributed by atoms with Gasteiger partial charge < -0.3 is 55.6 Å². The summed E-state index contributed by atoms with van der Waals surface area (Å²) in [5.74, 6) is -24.3. The van der Waals surface area contributed by atoms with Gasteiger partial charge >= 0.3 is 29.7 Å². The summed E-state index contributed by atoms with van der Waals surface area (Å²) in [6, 6.07) is 36.9. The first-order valence-electron chi connectivity index (χ1n) is 36.5. The van der Waals surface area contributed by atoms with E-state index in [1.54, 1.807) is 145 Å². The van der Waals surface area contributed by atoms with Gasteiger partial charge in [-0.05, 0) is 121 Å². The highest BCUT2D eigenvalue weighted by molar-refractivity contribution is 14.1. The number of carboxylic acid groups (broad SMARTS) is 1. The third kappa shape index (κ3) is 20.9. The van der Waals surface area contributed by atoms with Gasteiger partial charge in [0, 0.05) is 153 Å². The minimum Gasteiger partial charge on any atom is -0.477 e. The van der Waals surface area contributed by atoms with Crippen LogP contribution in [-0.2, 0) is 54.7 Å². The van der Waals surface area contributed by atoms with E-state index in [1.807, 2.05) is 23.0 Å². The molecule has 6 aromatic heterocycles. The van der Waals surface area contributed by atoms with Crippen molar-refractivity contribution in [2.75, 3.05) is 16.8 Å². The Morgan fingerprint density at radius 3 is 1.06 bits per heavy atom. The zero-order valence-electron chi connectivity index (χ0n) is 65.2. The van der Waals surface area contributed by atoms with Gasteiger partial charge in [0.2, 0.25) is 34.4 Å². The summed E-state index contributed by atoms with van der Waals surface area (Å²) in [5, 5.41) is 32.1. The number of anilines is 2. The molecule has 6 aromatic carbocycles. The predicted molar refractivity (Wildman–Crippen MR) is 432 cm³/mol. The molecule has 3 fully saturated rings. The van der Waals surface area contributed by atoms with Gasteiger partial charge in [0.15, 0.2) is 0 Å². The lowest BCUT2D eigenvalue weighted by molar-refractivity contribution is -0.162. The monoisotopic (exact) mass is 1800 g/mol. The van der Waals surface area contributed by atoms with E-state index in [-0.39, 0.29) is 52.6 Å². The molecule has 634 valence electrons. The van der Waals surface area contributed by atoms with Crippen LogP contribution in [0.15, 0.2) is 215 Å². The van der Waals surface area contributed by atoms with Gasteiger partial charge in [-0.15, -0.1) is 0 Å². The van der Waals surface area contributed by atoms with Crippen molar-refractivity contribution >= 4 is 108 Å². The van der Waals surface area contributed by atoms with Crippen LogP contribution >= 0.6 is 22.6 Å². The highest BCUT2D eigenvalue weighted by Crippen LogP contribution is 2.43. The second-order valence-corrected chi connectivity index (χ2v) is 29.4. The minimum absolute atomic E-state index is 0.0234. The molecule has 6 amide bonds. The maximum absolute atomic E-state index is 14.9. The molecule has 39 heteroatoms. The van der Waals surface area contributed by atoms with E-state index in [4.69, 9.17) is 5.11 Å². The predicted octanol–water partition coefficient (Wildman–Crippen LogP) is 11.1. The van der Waals surface area contributed by atoms with Crippen LogP contribution < -0.4 is 53.5 Å². The third-order valence-electron chi connectivity index (χ3n) is 19.1. The molecule has 3 saturated heterocycles. The van der Waals surface area contributed by atoms with E-state index >= 15 is 0 Å². The summed E-state index contributed by atoms with van der Waals surface area (Å²) in [6.07, 6.45) is 9.33. The lowest BCUT2D eigenvalue weighted by atomic mass is 9.98. The van der Waals surface area contributed by atoms with Crippen LogP contribution in [0.2, 0.25) is 0 Å². The van der Waals surface area contributed by atoms with E-state index in [0.29, 0.717) is 72.3 Å². The second kappa shape index (κ2) is 37.0. The minimum atomic E-state index is -3.66. The molecule has 15 rings (SSSR count). The normalized spacial score (nSPS) is 17.0. The number of carbonyl (C=O) groups is 7. The van der Waals surface area contributed by atoms with E-state index < -0.39 is 119 Å². The highest BCUT2D eigenvalue weighted by Gasteiger charge is 2.48. The molecule has 0 aliphatic carbocycles. The fraction of sp³-hybridized carbons (Fsp3) is 0.256. The number of nitrogens with zero attached hydrogens (tertiary/aromatic N) is 11. The number of hydrogen-bond acceptors (Lipinski definition) is 14. The maximum atomic E-state index is 14.9. The number of fused-ring (bicyclic) bond motifs is 3. The molecule has 0 bridgehead atoms. The number of nitrogens with one attached hydrogen (secondary N) is 4. The van der Waals surface area contributed by atoms with Crippen molar-refractivity contribution in [1.82, 2.24) is 64.3 Å². The first kappa shape index (κ1) is 90.1. The Morgan fingerprint density at radius 1 is 0.430 bits per heavy atom. The topological polar surface area (TPSA) is 340 Å². The SMILES string of the molecule is CC(F)(F)C(=O)N[C@H]1CC(=O)NC1c1ccccc1F.CC(F)(F)C(=O)O.CN.Cn1cc(-n2ncc3cc(I)ccc32)ccc1=O.Cn1cc(-n2ncc3cc(N4C(=O)C[C@@H](NC(=O)C(C)(F)F)[C@@H]4c4ccccc4F)ccc32)ccc1=O.Cn1cc(-n2ncc3cc(N4C(=O)C[C@H](NC(=O)C(C)(F)F)[C@H]4c4ccccc4F)ccc32)ccc1=O. The number of rotatable bonds is 15. The van der Waals surface area contributed by atoms with Crippen LogP contribution in [0.25, 0.3) is 49.8 Å². The van der Waals surface area contributed by atoms with Gasteiger partial charge in [-0.1, -0.05) is 54.6 Å². The largest absolute Gasteiger partial charge is 0.477 e. The summed E-state index contributed by atoms with van der Waals surface area (Å²) in [4.78, 5) is 120. The molecule has 7 N–H and O–H groups in total. The van der Waals surface area contributed by atoms with Gasteiger partial charge in [-0.3, -0.25) is 43.2 Å². The zero-order chi connectivity index (χ0) is 88.7. The number of nitrogens with two attached hydrogens (primary N) is 1. The fourth-order valence-electron chi connectivity index (χ4n) is 13.2. The quantitative estimate of drug-likeness (QED) is 0.0410. The van der Waals surface area contributed by atoms with Crippen LogP contribution in [0.3, 0.4) is 0 Å². The van der Waals surface area contributed by atoms with Crippen LogP contribution in [0, 0.1) is 21.0 Å². The number of aryl methyl sites for hydroxylation is 3. The Balaban J connectivity index is 0.000000170. The number of halogens is 12. The summed E-state index contributed by atoms with van der Waals surface area (Å²) in [5.41, 5.74) is 9.86. The van der Waals surface area contributed by atoms with Gasteiger partial charge in [0.05, 0.1) is 88.5 Å². The van der Waals surface area contributed by atoms with Crippen molar-refractivity contribution < 1.29 is 87.0 Å². The van der Waals surface area contributed by atoms with Gasteiger partial charge in [-0.2, -0.15) is 50.4 Å². The molecule has 121 heavy (non-hydrogen) atoms. The Labute approximate surface area is 693 Å². The third-order valence-corrected chi connectivity index (χ3v) is 19.8. The molecular formula is C82H76F11IN16O11. The number of aromatic nitrogens is 9. The second-order valence-electron chi connectivity index (χ2n) is 28.1. The first-order valence-corrected chi connectivity index (χ1v) is 37.6. The van der Waals surface area contributed by atoms with E-state index in [2.05, 4.69) is 71.0 Å². The smallest absolute Gasteiger partial charge is 0.374 e. The number of carbonyl (C=O) groups excluding carboxylic acids is 6. The average Bonchev–Trinajstić information content (AvgIpc) is 1.62. The molecular weight excluding hydrogens is 1720 g/mol. The summed E-state index contributed by atoms with van der Waals surface area (Å²) < 4.78 is 157. The molecule has 0 radical (unpaired) electrons. The van der Waals surface area contributed by atoms with E-state index in [0.717, 1.165) is 16.6 Å². The van der Waals surface area contributed by atoms with Crippen molar-refractivity contribution in [2.24, 2.45) is 26.9 Å². The number of alkyl halides is 8. The lowest BCUT2D eigenvalue weighted by Crippen LogP contribution is -2.46. The Morgan fingerprint density at radius 2 is 0.736 bits per heavy atom. The van der Waals surface area contributed by atoms with E-state index in [1.165, 1.54) is 96.3 Å². The first-order chi connectivity index (χ1) is 57.0. The number of aliphatic carboxylic acids is 1. The van der Waals surface area contributed by atoms with Crippen LogP contribution in [0.4, 0.5) is 59.7 Å². The van der Waals surface area contributed by atoms with E-state index in [9.17, 15) is 96.2 Å². The number of pyridine rings is 3. The van der Waals surface area contributed by atoms with Crippen molar-refractivity contribution in [1.29, 1.82) is 0 Å². The fourth-order valence-corrected chi connectivity index (χ4v) is 13.8. The van der Waals surface area contributed by atoms with Crippen molar-refractivity contribution in [2.45, 2.75) is 107 Å². The molecule has 9 heterocycles. The molecule has 1 unspecified atom stereocenters. The van der Waals surface area contributed by atoms with Crippen LogP contribution in [-0.4, -0.2) is 138 Å². The standard InChI is InChI=1S/2C26H22F3N5O3.C13H13F3N2O2.C13H10IN3O.C3H4F2O2.CH5N/c2*1-26(28,29)25(37)31-20-12-23(36)33(24(20)18-5-3-4-6-19(18)27)16-7-9-21-15(11-16)13-30-34(21)17-8-10-22(35)32(2)14-17;1-13(15,16)12(20)17-9-6-10(19)18-11(9)7-4-2-3-5-8(7)14;1-16-8-11(3-5-13(16)18)17-12-4-2-10(14)6-9(12)7-15-17;1-3(4,5)2(6)7;1-2/h2*3-11,13-14,20,24H,12H2,1-2H3,(H,31,37);2-5,9,11H,6H2,1H3,(H,17,20)(H,18,19);2-8H,1H3;1H3,(H,6,7);2H2,1H3/t2*20-,24+;9-,11?;;;/m100.../s1. The molecule has 27 nitrogen and oxygen atoms in total. The van der Waals surface area contributed by atoms with Crippen molar-refractivity contribution in [3.63, 3.8) is 0 Å². The Hall–Kier alpha value is -13.2. The molecule has 12 aromatic rings. The van der Waals surface area contributed by atoms with Gasteiger partial charge in [-0.25, -0.2) is 32.0 Å².